The molecule has 1 aliphatic heterocycles. The summed E-state index contributed by atoms with van der Waals surface area (Å²) in [6.45, 7) is 5.11. The fourth-order valence-corrected chi connectivity index (χ4v) is 5.82. The van der Waals surface area contributed by atoms with Crippen LogP contribution in [0.25, 0.3) is 0 Å². The van der Waals surface area contributed by atoms with Gasteiger partial charge in [0.05, 0.1) is 4.90 Å². The molecule has 0 N–H and O–H groups in total. The van der Waals surface area contributed by atoms with Crippen molar-refractivity contribution in [3.8, 4) is 0 Å². The van der Waals surface area contributed by atoms with Crippen LogP contribution in [0.1, 0.15) is 69.9 Å². The standard InChI is InChI=1S/C26H36N2O3S/c1-3-12-23-15-17-25(18-16-23)32(30,31)27-19-10-6-4-5-7-11-20-28(22(2)29)26-14-9-8-13-24(26)21-27/h8-9,13-18H,3-7,10-12,19-21H2,1-2H3. The number of benzene rings is 2. The second-order valence-corrected chi connectivity index (χ2v) is 10.6. The van der Waals surface area contributed by atoms with Crippen LogP contribution in [0.15, 0.2) is 53.4 Å². The van der Waals surface area contributed by atoms with Gasteiger partial charge in [-0.2, -0.15) is 4.31 Å². The second-order valence-electron chi connectivity index (χ2n) is 8.65. The molecule has 5 nitrogen and oxygen atoms in total. The third-order valence-corrected chi connectivity index (χ3v) is 8.01. The van der Waals surface area contributed by atoms with Crippen LogP contribution >= 0.6 is 0 Å². The summed E-state index contributed by atoms with van der Waals surface area (Å²) in [7, 11) is -3.64. The van der Waals surface area contributed by atoms with E-state index < -0.39 is 10.0 Å². The molecule has 3 rings (SSSR count). The Morgan fingerprint density at radius 1 is 0.875 bits per heavy atom. The Morgan fingerprint density at radius 3 is 2.16 bits per heavy atom. The number of carbonyl (C=O) groups is 1. The van der Waals surface area contributed by atoms with E-state index in [4.69, 9.17) is 0 Å². The first-order chi connectivity index (χ1) is 15.4. The molecule has 0 unspecified atom stereocenters. The van der Waals surface area contributed by atoms with Crippen LogP contribution in [0, 0.1) is 0 Å². The number of amides is 1. The Morgan fingerprint density at radius 2 is 1.50 bits per heavy atom. The lowest BCUT2D eigenvalue weighted by molar-refractivity contribution is -0.116. The Labute approximate surface area is 193 Å². The number of rotatable bonds is 4. The molecule has 0 saturated heterocycles. The number of hydrogen-bond donors (Lipinski definition) is 0. The molecule has 2 aromatic rings. The van der Waals surface area contributed by atoms with Gasteiger partial charge in [-0.05, 0) is 48.6 Å². The number of anilines is 1. The lowest BCUT2D eigenvalue weighted by atomic mass is 10.1. The van der Waals surface area contributed by atoms with Crippen molar-refractivity contribution in [2.24, 2.45) is 0 Å². The molecular weight excluding hydrogens is 420 g/mol. The van der Waals surface area contributed by atoms with E-state index in [0.717, 1.165) is 68.2 Å². The summed E-state index contributed by atoms with van der Waals surface area (Å²) in [4.78, 5) is 14.6. The molecule has 0 saturated carbocycles. The zero-order chi connectivity index (χ0) is 23.0. The molecule has 0 aromatic heterocycles. The van der Waals surface area contributed by atoms with Crippen molar-refractivity contribution in [2.45, 2.75) is 76.7 Å². The van der Waals surface area contributed by atoms with E-state index in [9.17, 15) is 13.2 Å². The minimum absolute atomic E-state index is 0.00626. The number of para-hydroxylation sites is 1. The van der Waals surface area contributed by atoms with Crippen LogP contribution < -0.4 is 4.90 Å². The van der Waals surface area contributed by atoms with Crippen LogP contribution in [0.2, 0.25) is 0 Å². The number of nitrogens with zero attached hydrogens (tertiary/aromatic N) is 2. The predicted molar refractivity (Wildman–Crippen MR) is 130 cm³/mol. The molecule has 0 spiro atoms. The maximum Gasteiger partial charge on any atom is 0.243 e. The van der Waals surface area contributed by atoms with Crippen LogP contribution in [0.5, 0.6) is 0 Å². The number of sulfonamides is 1. The number of aryl methyl sites for hydroxylation is 1. The van der Waals surface area contributed by atoms with Gasteiger partial charge < -0.3 is 4.90 Å². The molecule has 0 radical (unpaired) electrons. The molecule has 1 aliphatic rings. The Kier molecular flexibility index (Phi) is 8.88. The van der Waals surface area contributed by atoms with Crippen LogP contribution in [0.4, 0.5) is 5.69 Å². The van der Waals surface area contributed by atoms with Gasteiger partial charge >= 0.3 is 0 Å². The summed E-state index contributed by atoms with van der Waals surface area (Å²) < 4.78 is 28.8. The van der Waals surface area contributed by atoms with E-state index in [1.165, 1.54) is 0 Å². The third kappa shape index (κ3) is 6.20. The molecule has 0 atom stereocenters. The minimum Gasteiger partial charge on any atom is -0.312 e. The maximum atomic E-state index is 13.6. The summed E-state index contributed by atoms with van der Waals surface area (Å²) >= 11 is 0. The monoisotopic (exact) mass is 456 g/mol. The first-order valence-electron chi connectivity index (χ1n) is 11.9. The molecule has 32 heavy (non-hydrogen) atoms. The van der Waals surface area contributed by atoms with Gasteiger partial charge in [0.2, 0.25) is 15.9 Å². The zero-order valence-corrected chi connectivity index (χ0v) is 20.2. The first-order valence-corrected chi connectivity index (χ1v) is 13.3. The number of fused-ring (bicyclic) bond motifs is 1. The van der Waals surface area contributed by atoms with E-state index in [1.54, 1.807) is 28.3 Å². The molecule has 174 valence electrons. The molecule has 6 heteroatoms. The molecule has 0 bridgehead atoms. The molecule has 2 aromatic carbocycles. The highest BCUT2D eigenvalue weighted by Gasteiger charge is 2.26. The van der Waals surface area contributed by atoms with Crippen LogP contribution in [0.3, 0.4) is 0 Å². The first kappa shape index (κ1) is 24.5. The van der Waals surface area contributed by atoms with Crippen molar-refractivity contribution in [1.29, 1.82) is 0 Å². The maximum absolute atomic E-state index is 13.6. The lowest BCUT2D eigenvalue weighted by Gasteiger charge is -2.27. The Hall–Kier alpha value is -2.18. The van der Waals surface area contributed by atoms with Gasteiger partial charge in [-0.25, -0.2) is 8.42 Å². The summed E-state index contributed by atoms with van der Waals surface area (Å²) in [5.41, 5.74) is 2.84. The van der Waals surface area contributed by atoms with Crippen molar-refractivity contribution >= 4 is 21.6 Å². The molecular formula is C26H36N2O3S. The molecule has 1 heterocycles. The SMILES string of the molecule is CCCc1ccc(S(=O)(=O)N2CCCCCCCCN(C(C)=O)c3ccccc3C2)cc1. The van der Waals surface area contributed by atoms with E-state index in [2.05, 4.69) is 6.92 Å². The van der Waals surface area contributed by atoms with Gasteiger partial charge in [0.15, 0.2) is 0 Å². The highest BCUT2D eigenvalue weighted by Crippen LogP contribution is 2.27. The summed E-state index contributed by atoms with van der Waals surface area (Å²) in [5, 5.41) is 0. The van der Waals surface area contributed by atoms with E-state index in [-0.39, 0.29) is 12.5 Å². The lowest BCUT2D eigenvalue weighted by Crippen LogP contribution is -2.34. The van der Waals surface area contributed by atoms with Crippen molar-refractivity contribution in [3.05, 3.63) is 59.7 Å². The van der Waals surface area contributed by atoms with E-state index >= 15 is 0 Å². The van der Waals surface area contributed by atoms with E-state index in [1.807, 2.05) is 36.4 Å². The fraction of sp³-hybridized carbons (Fsp3) is 0.500. The largest absolute Gasteiger partial charge is 0.312 e. The van der Waals surface area contributed by atoms with Gasteiger partial charge in [-0.1, -0.05) is 69.4 Å². The highest BCUT2D eigenvalue weighted by atomic mass is 32.2. The van der Waals surface area contributed by atoms with Crippen LogP contribution in [-0.4, -0.2) is 31.7 Å². The Bertz CT molecular complexity index is 986. The molecule has 1 amide bonds. The quantitative estimate of drug-likeness (QED) is 0.607. The van der Waals surface area contributed by atoms with Crippen molar-refractivity contribution in [2.75, 3.05) is 18.0 Å². The van der Waals surface area contributed by atoms with Gasteiger partial charge in [-0.3, -0.25) is 4.79 Å². The summed E-state index contributed by atoms with van der Waals surface area (Å²) in [6, 6.07) is 15.0. The normalized spacial score (nSPS) is 17.0. The average molecular weight is 457 g/mol. The van der Waals surface area contributed by atoms with E-state index in [0.29, 0.717) is 18.0 Å². The average Bonchev–Trinajstić information content (AvgIpc) is 2.79. The van der Waals surface area contributed by atoms with Gasteiger partial charge in [0, 0.05) is 32.2 Å². The van der Waals surface area contributed by atoms with Gasteiger partial charge in [0.25, 0.3) is 0 Å². The molecule has 0 aliphatic carbocycles. The zero-order valence-electron chi connectivity index (χ0n) is 19.4. The van der Waals surface area contributed by atoms with Crippen LogP contribution in [-0.2, 0) is 27.8 Å². The molecule has 0 fully saturated rings. The summed E-state index contributed by atoms with van der Waals surface area (Å²) in [6.07, 6.45) is 8.06. The number of carbonyl (C=O) groups excluding carboxylic acids is 1. The fourth-order valence-electron chi connectivity index (χ4n) is 4.36. The smallest absolute Gasteiger partial charge is 0.243 e. The summed E-state index contributed by atoms with van der Waals surface area (Å²) in [5.74, 6) is -0.00626. The van der Waals surface area contributed by atoms with Gasteiger partial charge in [0.1, 0.15) is 0 Å². The van der Waals surface area contributed by atoms with Gasteiger partial charge in [-0.15, -0.1) is 0 Å². The third-order valence-electron chi connectivity index (χ3n) is 6.15. The Balaban J connectivity index is 1.96. The minimum atomic E-state index is -3.64. The topological polar surface area (TPSA) is 57.7 Å². The second kappa shape index (κ2) is 11.6. The van der Waals surface area contributed by atoms with Crippen molar-refractivity contribution in [3.63, 3.8) is 0 Å². The van der Waals surface area contributed by atoms with Crippen molar-refractivity contribution < 1.29 is 13.2 Å². The number of hydrogen-bond acceptors (Lipinski definition) is 3. The highest BCUT2D eigenvalue weighted by molar-refractivity contribution is 7.89. The predicted octanol–water partition coefficient (Wildman–Crippen LogP) is 5.54. The van der Waals surface area contributed by atoms with Crippen molar-refractivity contribution in [1.82, 2.24) is 4.31 Å².